The number of carbonyl (C=O) groups is 1. The molecule has 3 N–H and O–H groups in total. The van der Waals surface area contributed by atoms with Crippen LogP contribution in [0.15, 0.2) is 94.3 Å². The molecule has 0 spiro atoms. The van der Waals surface area contributed by atoms with Crippen LogP contribution in [0.5, 0.6) is 5.75 Å². The van der Waals surface area contributed by atoms with Crippen LogP contribution in [-0.4, -0.2) is 46.6 Å². The number of nitrogens with zero attached hydrogens (tertiary/aromatic N) is 3. The molecule has 5 rings (SSSR count). The quantitative estimate of drug-likeness (QED) is 0.231. The van der Waals surface area contributed by atoms with Gasteiger partial charge in [-0.1, -0.05) is 48.5 Å². The molecule has 0 unspecified atom stereocenters. The van der Waals surface area contributed by atoms with E-state index in [1.54, 1.807) is 0 Å². The summed E-state index contributed by atoms with van der Waals surface area (Å²) >= 11 is 0. The van der Waals surface area contributed by atoms with E-state index in [0.717, 1.165) is 34.0 Å². The summed E-state index contributed by atoms with van der Waals surface area (Å²) in [6, 6.07) is 27.1. The molecule has 0 saturated carbocycles. The molecule has 0 aliphatic carbocycles. The number of aromatic nitrogens is 1. The number of para-hydroxylation sites is 1. The van der Waals surface area contributed by atoms with Crippen molar-refractivity contribution in [3.8, 4) is 17.2 Å². The normalized spacial score (nSPS) is 17.4. The largest absolute Gasteiger partial charge is 0.493 e. The number of guanidine groups is 1. The molecule has 39 heavy (non-hydrogen) atoms. The highest BCUT2D eigenvalue weighted by atomic mass is 16.5. The second-order valence-electron chi connectivity index (χ2n) is 9.75. The van der Waals surface area contributed by atoms with Gasteiger partial charge in [0, 0.05) is 25.1 Å². The number of ether oxygens (including phenoxy) is 1. The van der Waals surface area contributed by atoms with Crippen molar-refractivity contribution in [3.63, 3.8) is 0 Å². The lowest BCUT2D eigenvalue weighted by atomic mass is 9.90. The molecule has 0 radical (unpaired) electrons. The second-order valence-corrected chi connectivity index (χ2v) is 9.75. The highest BCUT2D eigenvalue weighted by Crippen LogP contribution is 2.28. The average Bonchev–Trinajstić information content (AvgIpc) is 3.54. The summed E-state index contributed by atoms with van der Waals surface area (Å²) in [6.07, 6.45) is 1.26. The number of nitrogens with two attached hydrogens (primary N) is 1. The van der Waals surface area contributed by atoms with Gasteiger partial charge >= 0.3 is 5.97 Å². The van der Waals surface area contributed by atoms with E-state index in [0.29, 0.717) is 44.4 Å². The fraction of sp³-hybridized carbons (Fsp3) is 0.258. The Morgan fingerprint density at radius 3 is 2.44 bits per heavy atom. The van der Waals surface area contributed by atoms with E-state index >= 15 is 0 Å². The zero-order chi connectivity index (χ0) is 27.2. The molecule has 8 heteroatoms. The second kappa shape index (κ2) is 11.9. The summed E-state index contributed by atoms with van der Waals surface area (Å²) in [5, 5.41) is 9.83. The summed E-state index contributed by atoms with van der Waals surface area (Å²) in [5.41, 5.74) is 9.86. The Balaban J connectivity index is 1.16. The number of oxazole rings is 1. The average molecular weight is 525 g/mol. The zero-order valence-corrected chi connectivity index (χ0v) is 21.9. The minimum absolute atomic E-state index is 0.0762. The van der Waals surface area contributed by atoms with Gasteiger partial charge in [-0.3, -0.25) is 4.79 Å². The van der Waals surface area contributed by atoms with Crippen molar-refractivity contribution in [3.05, 3.63) is 102 Å². The first kappa shape index (κ1) is 26.0. The van der Waals surface area contributed by atoms with Crippen LogP contribution in [0.3, 0.4) is 0 Å². The molecule has 1 aromatic heterocycles. The third-order valence-electron chi connectivity index (χ3n) is 7.02. The standard InChI is InChI=1S/C31H32N4O4/c1-21-28(34-29(39-21)23-8-4-2-5-9-23)16-17-38-26-14-12-22(13-15-26)18-24-19-35(20-27(24)30(36)37)31(32)33-25-10-6-3-7-11-25/h2-15,24,27H,16-20H2,1H3,(H2,32,33)(H,36,37)/t24-,27+/m1/s1. The van der Waals surface area contributed by atoms with Crippen LogP contribution in [0.2, 0.25) is 0 Å². The maximum Gasteiger partial charge on any atom is 0.308 e. The molecule has 8 nitrogen and oxygen atoms in total. The molecule has 4 aromatic rings. The molecule has 1 aliphatic heterocycles. The number of carboxylic acid groups (broad SMARTS) is 1. The SMILES string of the molecule is Cc1oc(-c2ccccc2)nc1CCOc1ccc(C[C@@H]2CN(C(N)=Nc3ccccc3)C[C@@H]2C(=O)O)cc1. The number of aryl methyl sites for hydroxylation is 1. The van der Waals surface area contributed by atoms with Crippen molar-refractivity contribution in [1.82, 2.24) is 9.88 Å². The van der Waals surface area contributed by atoms with Crippen molar-refractivity contribution >= 4 is 17.6 Å². The van der Waals surface area contributed by atoms with Gasteiger partial charge in [0.05, 0.1) is 23.9 Å². The monoisotopic (exact) mass is 524 g/mol. The maximum absolute atomic E-state index is 12.0. The summed E-state index contributed by atoms with van der Waals surface area (Å²) in [6.45, 7) is 3.27. The van der Waals surface area contributed by atoms with E-state index in [1.165, 1.54) is 0 Å². The van der Waals surface area contributed by atoms with Crippen molar-refractivity contribution in [2.24, 2.45) is 22.6 Å². The van der Waals surface area contributed by atoms with Crippen molar-refractivity contribution in [2.75, 3.05) is 19.7 Å². The molecule has 1 aliphatic rings. The van der Waals surface area contributed by atoms with Gasteiger partial charge in [-0.2, -0.15) is 0 Å². The predicted octanol–water partition coefficient (Wildman–Crippen LogP) is 5.09. The lowest BCUT2D eigenvalue weighted by molar-refractivity contribution is -0.142. The highest BCUT2D eigenvalue weighted by molar-refractivity contribution is 5.82. The summed E-state index contributed by atoms with van der Waals surface area (Å²) in [7, 11) is 0. The Bertz CT molecular complexity index is 1420. The lowest BCUT2D eigenvalue weighted by Gasteiger charge is -2.17. The first-order valence-electron chi connectivity index (χ1n) is 13.1. The van der Waals surface area contributed by atoms with Gasteiger partial charge in [0.25, 0.3) is 0 Å². The van der Waals surface area contributed by atoms with Gasteiger partial charge in [0.1, 0.15) is 11.5 Å². The fourth-order valence-corrected chi connectivity index (χ4v) is 4.90. The van der Waals surface area contributed by atoms with E-state index < -0.39 is 11.9 Å². The molecule has 0 amide bonds. The molecule has 2 heterocycles. The topological polar surface area (TPSA) is 114 Å². The van der Waals surface area contributed by atoms with Gasteiger partial charge in [-0.15, -0.1) is 0 Å². The number of likely N-dealkylation sites (tertiary alicyclic amines) is 1. The molecule has 3 aromatic carbocycles. The Kier molecular flexibility index (Phi) is 7.91. The van der Waals surface area contributed by atoms with Crippen LogP contribution in [0.25, 0.3) is 11.5 Å². The third kappa shape index (κ3) is 6.46. The number of hydrogen-bond acceptors (Lipinski definition) is 5. The molecule has 1 fully saturated rings. The summed E-state index contributed by atoms with van der Waals surface area (Å²) < 4.78 is 11.8. The highest BCUT2D eigenvalue weighted by Gasteiger charge is 2.38. The van der Waals surface area contributed by atoms with Crippen LogP contribution < -0.4 is 10.5 Å². The van der Waals surface area contributed by atoms with E-state index in [1.807, 2.05) is 96.8 Å². The van der Waals surface area contributed by atoms with Crippen molar-refractivity contribution < 1.29 is 19.1 Å². The smallest absolute Gasteiger partial charge is 0.308 e. The van der Waals surface area contributed by atoms with Crippen molar-refractivity contribution in [2.45, 2.75) is 19.8 Å². The van der Waals surface area contributed by atoms with E-state index in [4.69, 9.17) is 14.9 Å². The summed E-state index contributed by atoms with van der Waals surface area (Å²) in [5.74, 6) is 1.10. The van der Waals surface area contributed by atoms with Gasteiger partial charge in [-0.25, -0.2) is 9.98 Å². The predicted molar refractivity (Wildman–Crippen MR) is 150 cm³/mol. The van der Waals surface area contributed by atoms with Crippen LogP contribution >= 0.6 is 0 Å². The number of aliphatic carboxylic acids is 1. The first-order valence-corrected chi connectivity index (χ1v) is 13.1. The Labute approximate surface area is 227 Å². The van der Waals surface area contributed by atoms with Crippen LogP contribution in [-0.2, 0) is 17.6 Å². The zero-order valence-electron chi connectivity index (χ0n) is 21.9. The van der Waals surface area contributed by atoms with Gasteiger partial charge in [-0.05, 0) is 61.2 Å². The fourth-order valence-electron chi connectivity index (χ4n) is 4.90. The first-order chi connectivity index (χ1) is 19.0. The molecule has 0 bridgehead atoms. The Morgan fingerprint density at radius 2 is 1.74 bits per heavy atom. The molecule has 1 saturated heterocycles. The lowest BCUT2D eigenvalue weighted by Crippen LogP contribution is -2.36. The van der Waals surface area contributed by atoms with E-state index in [9.17, 15) is 9.90 Å². The van der Waals surface area contributed by atoms with Crippen LogP contribution in [0.4, 0.5) is 5.69 Å². The van der Waals surface area contributed by atoms with Crippen molar-refractivity contribution in [1.29, 1.82) is 0 Å². The number of benzene rings is 3. The third-order valence-corrected chi connectivity index (χ3v) is 7.02. The van der Waals surface area contributed by atoms with Gasteiger partial charge in [0.15, 0.2) is 5.96 Å². The van der Waals surface area contributed by atoms with Gasteiger partial charge < -0.3 is 24.9 Å². The molecule has 200 valence electrons. The maximum atomic E-state index is 12.0. The van der Waals surface area contributed by atoms with E-state index in [2.05, 4.69) is 9.98 Å². The number of aliphatic imine (C=N–C) groups is 1. The molecular weight excluding hydrogens is 492 g/mol. The number of carboxylic acids is 1. The summed E-state index contributed by atoms with van der Waals surface area (Å²) in [4.78, 5) is 22.9. The molecule has 2 atom stereocenters. The Hall–Kier alpha value is -4.59. The van der Waals surface area contributed by atoms with Crippen LogP contribution in [0.1, 0.15) is 17.0 Å². The van der Waals surface area contributed by atoms with Crippen LogP contribution in [0, 0.1) is 18.8 Å². The minimum Gasteiger partial charge on any atom is -0.493 e. The van der Waals surface area contributed by atoms with Gasteiger partial charge in [0.2, 0.25) is 5.89 Å². The Morgan fingerprint density at radius 1 is 1.05 bits per heavy atom. The number of hydrogen-bond donors (Lipinski definition) is 2. The molecular formula is C31H32N4O4. The number of rotatable bonds is 9. The minimum atomic E-state index is -0.812. The van der Waals surface area contributed by atoms with E-state index in [-0.39, 0.29) is 5.92 Å².